The predicted molar refractivity (Wildman–Crippen MR) is 82.7 cm³/mol. The molecule has 1 heterocycles. The summed E-state index contributed by atoms with van der Waals surface area (Å²) in [4.78, 5) is 2.34. The van der Waals surface area contributed by atoms with E-state index in [4.69, 9.17) is 5.73 Å². The Morgan fingerprint density at radius 1 is 1.20 bits per heavy atom. The topological polar surface area (TPSA) is 60.0 Å². The summed E-state index contributed by atoms with van der Waals surface area (Å²) in [6, 6.07) is 10.5. The lowest BCUT2D eigenvalue weighted by Gasteiger charge is -2.21. The summed E-state index contributed by atoms with van der Waals surface area (Å²) in [5.41, 5.74) is 8.15. The highest BCUT2D eigenvalue weighted by Crippen LogP contribution is 2.05. The van der Waals surface area contributed by atoms with Crippen molar-refractivity contribution in [1.82, 2.24) is 19.9 Å². The van der Waals surface area contributed by atoms with E-state index in [1.54, 1.807) is 0 Å². The fourth-order valence-electron chi connectivity index (χ4n) is 2.07. The van der Waals surface area contributed by atoms with Crippen LogP contribution in [0, 0.1) is 0 Å². The number of hydrogen-bond donors (Lipinski definition) is 1. The van der Waals surface area contributed by atoms with Gasteiger partial charge in [-0.1, -0.05) is 35.5 Å². The molecule has 2 aromatic rings. The van der Waals surface area contributed by atoms with Gasteiger partial charge in [0, 0.05) is 33.2 Å². The maximum Gasteiger partial charge on any atom is 0.0738 e. The first kappa shape index (κ1) is 16.6. The zero-order valence-corrected chi connectivity index (χ0v) is 12.6. The highest BCUT2D eigenvalue weighted by atomic mass is 35.5. The zero-order chi connectivity index (χ0) is 13.5. The molecule has 0 saturated heterocycles. The van der Waals surface area contributed by atoms with Crippen molar-refractivity contribution in [1.29, 1.82) is 0 Å². The largest absolute Gasteiger partial charge is 0.329 e. The summed E-state index contributed by atoms with van der Waals surface area (Å²) in [5.74, 6) is 0. The molecule has 5 nitrogen and oxygen atoms in total. The lowest BCUT2D eigenvalue weighted by atomic mass is 10.1. The fraction of sp³-hybridized carbons (Fsp3) is 0.429. The Hall–Kier alpha value is -1.43. The average molecular weight is 296 g/mol. The third-order valence-electron chi connectivity index (χ3n) is 3.20. The molecule has 0 aliphatic heterocycles. The summed E-state index contributed by atoms with van der Waals surface area (Å²) in [6.45, 7) is 3.39. The van der Waals surface area contributed by atoms with Gasteiger partial charge in [0.1, 0.15) is 0 Å². The highest BCUT2D eigenvalue weighted by Gasteiger charge is 2.08. The normalized spacial score (nSPS) is 10.6. The van der Waals surface area contributed by atoms with Gasteiger partial charge < -0.3 is 5.73 Å². The van der Waals surface area contributed by atoms with E-state index in [1.807, 2.05) is 24.0 Å². The van der Waals surface area contributed by atoms with Crippen LogP contribution in [0.4, 0.5) is 0 Å². The van der Waals surface area contributed by atoms with Gasteiger partial charge in [0.15, 0.2) is 0 Å². The molecule has 0 radical (unpaired) electrons. The minimum absolute atomic E-state index is 0. The Morgan fingerprint density at radius 3 is 2.55 bits per heavy atom. The molecule has 1 aromatic heterocycles. The predicted octanol–water partition coefficient (Wildman–Crippen LogP) is 1.24. The molecule has 2 rings (SSSR count). The Kier molecular flexibility index (Phi) is 7.22. The average Bonchev–Trinajstić information content (AvgIpc) is 2.83. The Balaban J connectivity index is 0.00000200. The second-order valence-corrected chi connectivity index (χ2v) is 4.65. The van der Waals surface area contributed by atoms with Crippen LogP contribution in [0.1, 0.15) is 11.3 Å². The van der Waals surface area contributed by atoms with Gasteiger partial charge in [-0.2, -0.15) is 0 Å². The third kappa shape index (κ3) is 4.92. The van der Waals surface area contributed by atoms with Crippen LogP contribution in [0.5, 0.6) is 0 Å². The molecule has 110 valence electrons. The monoisotopic (exact) mass is 295 g/mol. The Bertz CT molecular complexity index is 485. The van der Waals surface area contributed by atoms with Crippen LogP contribution in [-0.4, -0.2) is 39.5 Å². The minimum atomic E-state index is 0. The van der Waals surface area contributed by atoms with Crippen LogP contribution in [0.15, 0.2) is 36.5 Å². The maximum atomic E-state index is 5.69. The quantitative estimate of drug-likeness (QED) is 0.835. The summed E-state index contributed by atoms with van der Waals surface area (Å²) in [6.07, 6.45) is 2.85. The third-order valence-corrected chi connectivity index (χ3v) is 3.20. The van der Waals surface area contributed by atoms with Gasteiger partial charge >= 0.3 is 0 Å². The molecule has 20 heavy (non-hydrogen) atoms. The fourth-order valence-corrected chi connectivity index (χ4v) is 2.07. The van der Waals surface area contributed by atoms with Gasteiger partial charge in [-0.3, -0.25) is 9.58 Å². The van der Waals surface area contributed by atoms with Crippen LogP contribution in [0.25, 0.3) is 0 Å². The lowest BCUT2D eigenvalue weighted by molar-refractivity contribution is 0.269. The van der Waals surface area contributed by atoms with E-state index in [-0.39, 0.29) is 12.4 Å². The van der Waals surface area contributed by atoms with Crippen molar-refractivity contribution in [2.75, 3.05) is 19.6 Å². The zero-order valence-electron chi connectivity index (χ0n) is 11.8. The maximum absolute atomic E-state index is 5.69. The van der Waals surface area contributed by atoms with Gasteiger partial charge in [0.2, 0.25) is 0 Å². The van der Waals surface area contributed by atoms with Crippen LogP contribution >= 0.6 is 12.4 Å². The molecule has 2 N–H and O–H groups in total. The van der Waals surface area contributed by atoms with Crippen molar-refractivity contribution < 1.29 is 0 Å². The molecule has 0 unspecified atom stereocenters. The number of benzene rings is 1. The van der Waals surface area contributed by atoms with Crippen molar-refractivity contribution in [3.63, 3.8) is 0 Å². The van der Waals surface area contributed by atoms with Crippen LogP contribution < -0.4 is 5.73 Å². The molecule has 0 spiro atoms. The molecule has 0 saturated carbocycles. The highest BCUT2D eigenvalue weighted by molar-refractivity contribution is 5.85. The van der Waals surface area contributed by atoms with Crippen LogP contribution in [0.3, 0.4) is 0 Å². The Labute approximate surface area is 126 Å². The number of nitrogens with two attached hydrogens (primary N) is 1. The standard InChI is InChI=1S/C14H21N5.ClH/c1-18-14(11-16-17-18)12-19(10-8-15)9-7-13-5-3-2-4-6-13;/h2-6,11H,7-10,12,15H2,1H3;1H. The van der Waals surface area contributed by atoms with Crippen molar-refractivity contribution >= 4 is 12.4 Å². The lowest BCUT2D eigenvalue weighted by Crippen LogP contribution is -2.31. The summed E-state index contributed by atoms with van der Waals surface area (Å²) in [7, 11) is 1.92. The van der Waals surface area contributed by atoms with Crippen molar-refractivity contribution in [2.24, 2.45) is 12.8 Å². The second kappa shape index (κ2) is 8.68. The SMILES string of the molecule is Cl.Cn1nncc1CN(CCN)CCc1ccccc1. The summed E-state index contributed by atoms with van der Waals surface area (Å²) < 4.78 is 1.81. The number of rotatable bonds is 7. The number of hydrogen-bond acceptors (Lipinski definition) is 4. The molecule has 0 atom stereocenters. The van der Waals surface area contributed by atoms with E-state index < -0.39 is 0 Å². The van der Waals surface area contributed by atoms with Crippen LogP contribution in [-0.2, 0) is 20.0 Å². The van der Waals surface area contributed by atoms with Crippen molar-refractivity contribution in [3.05, 3.63) is 47.8 Å². The second-order valence-electron chi connectivity index (χ2n) is 4.65. The number of aromatic nitrogens is 3. The molecule has 6 heteroatoms. The van der Waals surface area contributed by atoms with E-state index in [1.165, 1.54) is 5.56 Å². The van der Waals surface area contributed by atoms with Crippen LogP contribution in [0.2, 0.25) is 0 Å². The van der Waals surface area contributed by atoms with E-state index in [0.29, 0.717) is 6.54 Å². The van der Waals surface area contributed by atoms with Gasteiger partial charge in [0.25, 0.3) is 0 Å². The first-order valence-corrected chi connectivity index (χ1v) is 6.59. The van der Waals surface area contributed by atoms with E-state index >= 15 is 0 Å². The van der Waals surface area contributed by atoms with Gasteiger partial charge in [-0.25, -0.2) is 0 Å². The van der Waals surface area contributed by atoms with Crippen molar-refractivity contribution in [3.8, 4) is 0 Å². The molecule has 0 fully saturated rings. The number of halogens is 1. The van der Waals surface area contributed by atoms with Gasteiger partial charge in [-0.05, 0) is 12.0 Å². The molecular formula is C14H22ClN5. The first-order chi connectivity index (χ1) is 9.29. The first-order valence-electron chi connectivity index (χ1n) is 6.59. The molecular weight excluding hydrogens is 274 g/mol. The van der Waals surface area contributed by atoms with E-state index in [0.717, 1.165) is 31.7 Å². The number of nitrogens with zero attached hydrogens (tertiary/aromatic N) is 4. The Morgan fingerprint density at radius 2 is 1.95 bits per heavy atom. The smallest absolute Gasteiger partial charge is 0.0738 e. The molecule has 0 bridgehead atoms. The summed E-state index contributed by atoms with van der Waals surface area (Å²) in [5, 5.41) is 7.87. The minimum Gasteiger partial charge on any atom is -0.329 e. The van der Waals surface area contributed by atoms with E-state index in [9.17, 15) is 0 Å². The molecule has 0 aliphatic carbocycles. The summed E-state index contributed by atoms with van der Waals surface area (Å²) >= 11 is 0. The molecule has 1 aromatic carbocycles. The van der Waals surface area contributed by atoms with Gasteiger partial charge in [-0.15, -0.1) is 17.5 Å². The molecule has 0 amide bonds. The van der Waals surface area contributed by atoms with E-state index in [2.05, 4.69) is 39.5 Å². The molecule has 0 aliphatic rings. The van der Waals surface area contributed by atoms with Crippen molar-refractivity contribution in [2.45, 2.75) is 13.0 Å². The number of aryl methyl sites for hydroxylation is 1. The van der Waals surface area contributed by atoms with Gasteiger partial charge in [0.05, 0.1) is 11.9 Å².